The smallest absolute Gasteiger partial charge is 0.263 e. The van der Waals surface area contributed by atoms with E-state index in [9.17, 15) is 9.59 Å². The number of carbonyl (C=O) groups is 1. The van der Waals surface area contributed by atoms with E-state index in [1.165, 1.54) is 0 Å². The van der Waals surface area contributed by atoms with Crippen LogP contribution in [0.2, 0.25) is 0 Å². The van der Waals surface area contributed by atoms with Crippen LogP contribution in [0.3, 0.4) is 0 Å². The average Bonchev–Trinajstić information content (AvgIpc) is 2.67. The highest BCUT2D eigenvalue weighted by Gasteiger charge is 2.31. The minimum absolute atomic E-state index is 0.158. The van der Waals surface area contributed by atoms with Crippen LogP contribution in [0.5, 0.6) is 0 Å². The lowest BCUT2D eigenvalue weighted by Crippen LogP contribution is -2.46. The van der Waals surface area contributed by atoms with E-state index >= 15 is 0 Å². The number of aromatic nitrogens is 2. The molecule has 0 aliphatic carbocycles. The number of amides is 1. The van der Waals surface area contributed by atoms with Gasteiger partial charge in [-0.3, -0.25) is 9.59 Å². The van der Waals surface area contributed by atoms with Crippen LogP contribution in [0.4, 0.5) is 0 Å². The molecule has 26 heavy (non-hydrogen) atoms. The number of carbonyl (C=O) groups excluding carboxylic acids is 1. The Morgan fingerprint density at radius 3 is 3.08 bits per heavy atom. The highest BCUT2D eigenvalue weighted by Crippen LogP contribution is 2.31. The standard InChI is InChI=1S/C19H22N4O2S/c24-18(22-7-8-26-17-3-1-2-6-21-17)15-4-5-16-14-9-13(10-20-11-14)12-23(16)19(15)25/h1-6,13-14,20H,7-12H2,(H,22,24)/t13-,14+/m0/s1. The van der Waals surface area contributed by atoms with Crippen LogP contribution >= 0.6 is 11.8 Å². The van der Waals surface area contributed by atoms with Crippen LogP contribution in [0.25, 0.3) is 0 Å². The molecule has 2 aromatic rings. The van der Waals surface area contributed by atoms with Gasteiger partial charge in [0.15, 0.2) is 0 Å². The van der Waals surface area contributed by atoms with Gasteiger partial charge in [-0.25, -0.2) is 4.98 Å². The van der Waals surface area contributed by atoms with Gasteiger partial charge in [0.1, 0.15) is 5.56 Å². The maximum absolute atomic E-state index is 12.8. The summed E-state index contributed by atoms with van der Waals surface area (Å²) in [6.07, 6.45) is 2.88. The quantitative estimate of drug-likeness (QED) is 0.616. The molecule has 4 rings (SSSR count). The number of nitrogens with zero attached hydrogens (tertiary/aromatic N) is 2. The first kappa shape index (κ1) is 17.3. The lowest BCUT2D eigenvalue weighted by molar-refractivity contribution is 0.0953. The van der Waals surface area contributed by atoms with Gasteiger partial charge in [0.05, 0.1) is 5.03 Å². The van der Waals surface area contributed by atoms with Crippen molar-refractivity contribution in [3.63, 3.8) is 0 Å². The largest absolute Gasteiger partial charge is 0.351 e. The second-order valence-corrected chi connectivity index (χ2v) is 7.93. The maximum Gasteiger partial charge on any atom is 0.263 e. The van der Waals surface area contributed by atoms with Gasteiger partial charge in [0.25, 0.3) is 11.5 Å². The SMILES string of the molecule is O=C(NCCSc1ccccn1)c1ccc2n(c1=O)C[C@@H]1CNC[C@H]2C1. The molecule has 1 amide bonds. The molecular formula is C19H22N4O2S. The van der Waals surface area contributed by atoms with Crippen LogP contribution in [0, 0.1) is 5.92 Å². The summed E-state index contributed by atoms with van der Waals surface area (Å²) in [7, 11) is 0. The van der Waals surface area contributed by atoms with Crippen molar-refractivity contribution >= 4 is 17.7 Å². The van der Waals surface area contributed by atoms with Crippen molar-refractivity contribution in [3.8, 4) is 0 Å². The van der Waals surface area contributed by atoms with Gasteiger partial charge in [0, 0.05) is 43.2 Å². The van der Waals surface area contributed by atoms with Gasteiger partial charge in [0.2, 0.25) is 0 Å². The summed E-state index contributed by atoms with van der Waals surface area (Å²) in [4.78, 5) is 29.5. The normalized spacial score (nSPS) is 21.1. The Hall–Kier alpha value is -2.12. The number of hydrogen-bond donors (Lipinski definition) is 2. The molecule has 2 aliphatic rings. The molecule has 136 valence electrons. The Kier molecular flexibility index (Phi) is 5.08. The number of hydrogen-bond acceptors (Lipinski definition) is 5. The summed E-state index contributed by atoms with van der Waals surface area (Å²) in [5.41, 5.74) is 1.14. The third kappa shape index (κ3) is 3.54. The number of piperidine rings is 1. The number of rotatable bonds is 5. The average molecular weight is 370 g/mol. The Bertz CT molecular complexity index is 852. The fraction of sp³-hybridized carbons (Fsp3) is 0.421. The van der Waals surface area contributed by atoms with Gasteiger partial charge >= 0.3 is 0 Å². The second kappa shape index (κ2) is 7.63. The summed E-state index contributed by atoms with van der Waals surface area (Å²) < 4.78 is 1.82. The zero-order valence-corrected chi connectivity index (χ0v) is 15.3. The summed E-state index contributed by atoms with van der Waals surface area (Å²) in [6.45, 7) is 3.06. The van der Waals surface area contributed by atoms with Gasteiger partial charge in [-0.2, -0.15) is 0 Å². The van der Waals surface area contributed by atoms with E-state index in [2.05, 4.69) is 15.6 Å². The second-order valence-electron chi connectivity index (χ2n) is 6.82. The molecule has 2 N–H and O–H groups in total. The molecular weight excluding hydrogens is 348 g/mol. The molecule has 2 bridgehead atoms. The molecule has 2 atom stereocenters. The van der Waals surface area contributed by atoms with E-state index in [1.54, 1.807) is 24.0 Å². The Morgan fingerprint density at radius 1 is 1.31 bits per heavy atom. The molecule has 0 saturated carbocycles. The van der Waals surface area contributed by atoms with Gasteiger partial charge < -0.3 is 15.2 Å². The minimum atomic E-state index is -0.291. The number of fused-ring (bicyclic) bond motifs is 4. The van der Waals surface area contributed by atoms with Crippen LogP contribution in [0.1, 0.15) is 28.4 Å². The fourth-order valence-corrected chi connectivity index (χ4v) is 4.53. The van der Waals surface area contributed by atoms with Crippen LogP contribution in [-0.4, -0.2) is 40.8 Å². The third-order valence-electron chi connectivity index (χ3n) is 5.03. The fourth-order valence-electron chi connectivity index (χ4n) is 3.81. The third-order valence-corrected chi connectivity index (χ3v) is 5.97. The highest BCUT2D eigenvalue weighted by atomic mass is 32.2. The first-order valence-electron chi connectivity index (χ1n) is 8.99. The van der Waals surface area contributed by atoms with E-state index in [1.807, 2.05) is 28.8 Å². The van der Waals surface area contributed by atoms with Crippen molar-refractivity contribution in [2.45, 2.75) is 23.9 Å². The summed E-state index contributed by atoms with van der Waals surface area (Å²) >= 11 is 1.58. The van der Waals surface area contributed by atoms with E-state index in [0.717, 1.165) is 30.2 Å². The Labute approximate surface area is 156 Å². The molecule has 6 nitrogen and oxygen atoms in total. The monoisotopic (exact) mass is 370 g/mol. The topological polar surface area (TPSA) is 76.0 Å². The van der Waals surface area contributed by atoms with Crippen molar-refractivity contribution in [1.82, 2.24) is 20.2 Å². The van der Waals surface area contributed by atoms with Gasteiger partial charge in [-0.15, -0.1) is 11.8 Å². The highest BCUT2D eigenvalue weighted by molar-refractivity contribution is 7.99. The lowest BCUT2D eigenvalue weighted by atomic mass is 9.84. The van der Waals surface area contributed by atoms with Crippen molar-refractivity contribution in [2.24, 2.45) is 5.92 Å². The van der Waals surface area contributed by atoms with E-state index in [0.29, 0.717) is 30.7 Å². The van der Waals surface area contributed by atoms with Crippen LogP contribution in [0.15, 0.2) is 46.3 Å². The molecule has 0 radical (unpaired) electrons. The zero-order valence-electron chi connectivity index (χ0n) is 14.5. The Morgan fingerprint density at radius 2 is 2.23 bits per heavy atom. The molecule has 0 unspecified atom stereocenters. The van der Waals surface area contributed by atoms with Crippen molar-refractivity contribution in [3.05, 3.63) is 58.1 Å². The lowest BCUT2D eigenvalue weighted by Gasteiger charge is -2.37. The number of thioether (sulfide) groups is 1. The number of pyridine rings is 2. The predicted octanol–water partition coefficient (Wildman–Crippen LogP) is 1.47. The van der Waals surface area contributed by atoms with Gasteiger partial charge in [-0.05, 0) is 43.1 Å². The van der Waals surface area contributed by atoms with Gasteiger partial charge in [-0.1, -0.05) is 6.07 Å². The maximum atomic E-state index is 12.8. The molecule has 4 heterocycles. The van der Waals surface area contributed by atoms with E-state index < -0.39 is 0 Å². The summed E-state index contributed by atoms with van der Waals surface area (Å²) in [6, 6.07) is 9.39. The molecule has 2 aliphatic heterocycles. The first-order chi connectivity index (χ1) is 12.7. The molecule has 7 heteroatoms. The minimum Gasteiger partial charge on any atom is -0.351 e. The number of nitrogens with one attached hydrogen (secondary N) is 2. The molecule has 1 saturated heterocycles. The van der Waals surface area contributed by atoms with Crippen molar-refractivity contribution in [1.29, 1.82) is 0 Å². The van der Waals surface area contributed by atoms with Crippen molar-refractivity contribution < 1.29 is 4.79 Å². The molecule has 0 aromatic carbocycles. The summed E-state index contributed by atoms with van der Waals surface area (Å²) in [5, 5.41) is 7.21. The summed E-state index contributed by atoms with van der Waals surface area (Å²) in [5.74, 6) is 1.28. The molecule has 2 aromatic heterocycles. The van der Waals surface area contributed by atoms with Crippen LogP contribution < -0.4 is 16.2 Å². The molecule has 1 fully saturated rings. The zero-order chi connectivity index (χ0) is 17.9. The molecule has 0 spiro atoms. The Balaban J connectivity index is 1.41. The first-order valence-corrected chi connectivity index (χ1v) is 9.97. The van der Waals surface area contributed by atoms with Crippen LogP contribution in [-0.2, 0) is 6.54 Å². The van der Waals surface area contributed by atoms with Crippen molar-refractivity contribution in [2.75, 3.05) is 25.4 Å². The van der Waals surface area contributed by atoms with E-state index in [4.69, 9.17) is 0 Å². The predicted molar refractivity (Wildman–Crippen MR) is 102 cm³/mol. The van der Waals surface area contributed by atoms with E-state index in [-0.39, 0.29) is 17.0 Å².